The highest BCUT2D eigenvalue weighted by atomic mass is 35.5. The van der Waals surface area contributed by atoms with E-state index in [2.05, 4.69) is 28.5 Å². The van der Waals surface area contributed by atoms with Gasteiger partial charge in [-0.2, -0.15) is 0 Å². The summed E-state index contributed by atoms with van der Waals surface area (Å²) in [7, 11) is 0. The van der Waals surface area contributed by atoms with Crippen LogP contribution in [0.4, 0.5) is 5.00 Å². The van der Waals surface area contributed by atoms with Crippen molar-refractivity contribution in [2.45, 2.75) is 39.2 Å². The number of esters is 1. The maximum atomic E-state index is 13.6. The molecule has 0 atom stereocenters. The third kappa shape index (κ3) is 5.45. The molecule has 0 saturated heterocycles. The Morgan fingerprint density at radius 3 is 2.51 bits per heavy atom. The lowest BCUT2D eigenvalue weighted by molar-refractivity contribution is -0.116. The van der Waals surface area contributed by atoms with Gasteiger partial charge in [0.1, 0.15) is 21.9 Å². The van der Waals surface area contributed by atoms with E-state index in [-0.39, 0.29) is 24.3 Å². The molecular weight excluding hydrogens is 578 g/mol. The molecule has 0 radical (unpaired) electrons. The van der Waals surface area contributed by atoms with E-state index in [1.165, 1.54) is 57.5 Å². The van der Waals surface area contributed by atoms with Crippen molar-refractivity contribution in [2.24, 2.45) is 0 Å². The third-order valence-electron chi connectivity index (χ3n) is 7.21. The quantitative estimate of drug-likeness (QED) is 0.199. The van der Waals surface area contributed by atoms with E-state index < -0.39 is 11.9 Å². The monoisotopic (exact) mass is 603 g/mol. The SMILES string of the molecule is CCOC(=O)c1c(-c2ccc(Cl)cc2)csc1NC(=O)Cn1cnc2scc(-c3ccc4c(c3)CCCC4)c2c1=O. The molecule has 0 unspecified atom stereocenters. The van der Waals surface area contributed by atoms with Gasteiger partial charge in [-0.25, -0.2) is 9.78 Å². The van der Waals surface area contributed by atoms with Gasteiger partial charge in [-0.3, -0.25) is 14.2 Å². The number of carbonyl (C=O) groups excluding carboxylic acids is 2. The van der Waals surface area contributed by atoms with E-state index in [0.29, 0.717) is 25.8 Å². The Hall–Kier alpha value is -3.79. The Balaban J connectivity index is 1.29. The van der Waals surface area contributed by atoms with Crippen molar-refractivity contribution in [1.82, 2.24) is 9.55 Å². The van der Waals surface area contributed by atoms with Crippen LogP contribution >= 0.6 is 34.3 Å². The molecule has 10 heteroatoms. The minimum Gasteiger partial charge on any atom is -0.462 e. The number of benzene rings is 2. The molecule has 1 aliphatic rings. The fourth-order valence-electron chi connectivity index (χ4n) is 5.21. The predicted octanol–water partition coefficient (Wildman–Crippen LogP) is 7.20. The zero-order valence-corrected chi connectivity index (χ0v) is 24.6. The number of aromatic nitrogens is 2. The Kier molecular flexibility index (Phi) is 7.75. The molecule has 3 heterocycles. The summed E-state index contributed by atoms with van der Waals surface area (Å²) in [6.45, 7) is 1.66. The molecule has 0 bridgehead atoms. The van der Waals surface area contributed by atoms with Crippen LogP contribution < -0.4 is 10.9 Å². The fraction of sp³-hybridized carbons (Fsp3) is 0.226. The van der Waals surface area contributed by atoms with Crippen LogP contribution in [0.3, 0.4) is 0 Å². The van der Waals surface area contributed by atoms with Gasteiger partial charge in [0.2, 0.25) is 5.91 Å². The largest absolute Gasteiger partial charge is 0.462 e. The van der Waals surface area contributed by atoms with E-state index in [1.54, 1.807) is 36.6 Å². The highest BCUT2D eigenvalue weighted by Crippen LogP contribution is 2.37. The average molecular weight is 604 g/mol. The van der Waals surface area contributed by atoms with E-state index in [9.17, 15) is 14.4 Å². The van der Waals surface area contributed by atoms with Crippen LogP contribution in [0.1, 0.15) is 41.3 Å². The number of aryl methyl sites for hydroxylation is 2. The normalized spacial score (nSPS) is 12.7. The number of fused-ring (bicyclic) bond motifs is 2. The van der Waals surface area contributed by atoms with Crippen molar-refractivity contribution in [2.75, 3.05) is 11.9 Å². The zero-order valence-electron chi connectivity index (χ0n) is 22.2. The number of rotatable bonds is 7. The Morgan fingerprint density at radius 1 is 1.00 bits per heavy atom. The molecule has 0 saturated carbocycles. The molecule has 2 aromatic carbocycles. The van der Waals surface area contributed by atoms with Gasteiger partial charge in [0.05, 0.1) is 18.3 Å². The fourth-order valence-corrected chi connectivity index (χ4v) is 7.22. The molecule has 5 aromatic rings. The summed E-state index contributed by atoms with van der Waals surface area (Å²) in [5.74, 6) is -0.990. The molecule has 6 rings (SSSR count). The molecule has 1 aliphatic carbocycles. The zero-order chi connectivity index (χ0) is 28.5. The molecule has 0 spiro atoms. The summed E-state index contributed by atoms with van der Waals surface area (Å²) in [4.78, 5) is 44.8. The second-order valence-electron chi connectivity index (χ2n) is 9.83. The molecule has 0 aliphatic heterocycles. The van der Waals surface area contributed by atoms with E-state index in [1.807, 2.05) is 5.38 Å². The summed E-state index contributed by atoms with van der Waals surface area (Å²) in [5.41, 5.74) is 5.93. The third-order valence-corrected chi connectivity index (χ3v) is 9.25. The average Bonchev–Trinajstić information content (AvgIpc) is 3.60. The van der Waals surface area contributed by atoms with Crippen molar-refractivity contribution < 1.29 is 14.3 Å². The first-order valence-electron chi connectivity index (χ1n) is 13.4. The summed E-state index contributed by atoms with van der Waals surface area (Å²) >= 11 is 8.68. The lowest BCUT2D eigenvalue weighted by atomic mass is 9.89. The van der Waals surface area contributed by atoms with Crippen LogP contribution in [0.15, 0.2) is 64.3 Å². The van der Waals surface area contributed by atoms with Crippen LogP contribution in [0.25, 0.3) is 32.5 Å². The van der Waals surface area contributed by atoms with E-state index in [0.717, 1.165) is 29.5 Å². The van der Waals surface area contributed by atoms with Crippen molar-refractivity contribution in [3.63, 3.8) is 0 Å². The van der Waals surface area contributed by atoms with Gasteiger partial charge in [0, 0.05) is 26.9 Å². The van der Waals surface area contributed by atoms with Gasteiger partial charge in [0.25, 0.3) is 5.56 Å². The standard InChI is InChI=1S/C31H26ClN3O4S2/c1-2-39-31(38)27-23(19-9-11-22(32)12-10-19)15-41-29(27)34-25(36)14-35-17-33-28-26(30(35)37)24(16-40-28)21-8-7-18-5-3-4-6-20(18)13-21/h7-13,15-17H,2-6,14H2,1H3,(H,34,36). The maximum Gasteiger partial charge on any atom is 0.341 e. The number of amides is 1. The minimum absolute atomic E-state index is 0.191. The number of thiophene rings is 2. The van der Waals surface area contributed by atoms with Crippen molar-refractivity contribution in [1.29, 1.82) is 0 Å². The topological polar surface area (TPSA) is 90.3 Å². The smallest absolute Gasteiger partial charge is 0.341 e. The molecule has 0 fully saturated rings. The van der Waals surface area contributed by atoms with Gasteiger partial charge >= 0.3 is 5.97 Å². The van der Waals surface area contributed by atoms with Gasteiger partial charge in [0.15, 0.2) is 0 Å². The Bertz CT molecular complexity index is 1840. The molecule has 1 amide bonds. The molecule has 1 N–H and O–H groups in total. The Labute approximate surface area is 249 Å². The number of anilines is 1. The van der Waals surface area contributed by atoms with Crippen molar-refractivity contribution in [3.8, 4) is 22.3 Å². The highest BCUT2D eigenvalue weighted by Gasteiger charge is 2.23. The second kappa shape index (κ2) is 11.6. The van der Waals surface area contributed by atoms with Crippen LogP contribution in [-0.2, 0) is 28.9 Å². The number of carbonyl (C=O) groups is 2. The number of ether oxygens (including phenoxy) is 1. The second-order valence-corrected chi connectivity index (χ2v) is 12.0. The summed E-state index contributed by atoms with van der Waals surface area (Å²) in [6.07, 6.45) is 5.92. The van der Waals surface area contributed by atoms with Crippen LogP contribution in [0.5, 0.6) is 0 Å². The lowest BCUT2D eigenvalue weighted by Crippen LogP contribution is -2.28. The summed E-state index contributed by atoms with van der Waals surface area (Å²) < 4.78 is 6.60. The number of hydrogen-bond donors (Lipinski definition) is 1. The number of nitrogens with one attached hydrogen (secondary N) is 1. The van der Waals surface area contributed by atoms with Gasteiger partial charge in [-0.05, 0) is 67.0 Å². The van der Waals surface area contributed by atoms with Crippen molar-refractivity contribution in [3.05, 3.63) is 91.6 Å². The van der Waals surface area contributed by atoms with Crippen LogP contribution in [-0.4, -0.2) is 28.0 Å². The van der Waals surface area contributed by atoms with Crippen LogP contribution in [0, 0.1) is 0 Å². The van der Waals surface area contributed by atoms with Gasteiger partial charge in [-0.15, -0.1) is 22.7 Å². The molecule has 3 aromatic heterocycles. The number of halogens is 1. The van der Waals surface area contributed by atoms with Gasteiger partial charge < -0.3 is 10.1 Å². The lowest BCUT2D eigenvalue weighted by Gasteiger charge is -2.16. The first-order valence-corrected chi connectivity index (χ1v) is 15.5. The van der Waals surface area contributed by atoms with E-state index >= 15 is 0 Å². The molecular formula is C31H26ClN3O4S2. The number of hydrogen-bond acceptors (Lipinski definition) is 7. The molecule has 7 nitrogen and oxygen atoms in total. The van der Waals surface area contributed by atoms with Crippen LogP contribution in [0.2, 0.25) is 5.02 Å². The van der Waals surface area contributed by atoms with Crippen molar-refractivity contribution >= 4 is 61.4 Å². The predicted molar refractivity (Wildman–Crippen MR) is 165 cm³/mol. The summed E-state index contributed by atoms with van der Waals surface area (Å²) in [6, 6.07) is 13.5. The highest BCUT2D eigenvalue weighted by molar-refractivity contribution is 7.17. The Morgan fingerprint density at radius 2 is 1.73 bits per heavy atom. The number of nitrogens with zero attached hydrogens (tertiary/aromatic N) is 2. The summed E-state index contributed by atoms with van der Waals surface area (Å²) in [5, 5.41) is 8.01. The maximum absolute atomic E-state index is 13.6. The molecule has 208 valence electrons. The first kappa shape index (κ1) is 27.4. The molecule has 41 heavy (non-hydrogen) atoms. The van der Waals surface area contributed by atoms with E-state index in [4.69, 9.17) is 16.3 Å². The van der Waals surface area contributed by atoms with Gasteiger partial charge in [-0.1, -0.05) is 41.9 Å². The first-order chi connectivity index (χ1) is 19.9. The minimum atomic E-state index is -0.540.